The monoisotopic (exact) mass is 222 g/mol. The van der Waals surface area contributed by atoms with Gasteiger partial charge >= 0.3 is 0 Å². The van der Waals surface area contributed by atoms with Crippen molar-refractivity contribution in [1.29, 1.82) is 0 Å². The number of aliphatic hydroxyl groups is 1. The third-order valence-electron chi connectivity index (χ3n) is 2.41. The van der Waals surface area contributed by atoms with Crippen LogP contribution in [0.3, 0.4) is 0 Å². The van der Waals surface area contributed by atoms with E-state index in [-0.39, 0.29) is 0 Å². The molecule has 0 aliphatic heterocycles. The molecular weight excluding hydrogens is 208 g/mol. The highest BCUT2D eigenvalue weighted by atomic mass is 16.5. The first-order chi connectivity index (χ1) is 7.65. The van der Waals surface area contributed by atoms with Crippen molar-refractivity contribution in [1.82, 2.24) is 9.61 Å². The minimum Gasteiger partial charge on any atom is -0.493 e. The molecule has 0 saturated carbocycles. The average molecular weight is 222 g/mol. The first-order valence-electron chi connectivity index (χ1n) is 4.95. The summed E-state index contributed by atoms with van der Waals surface area (Å²) in [5.41, 5.74) is 1.48. The van der Waals surface area contributed by atoms with E-state index in [0.29, 0.717) is 17.2 Å². The van der Waals surface area contributed by atoms with Crippen molar-refractivity contribution in [2.24, 2.45) is 0 Å². The SMILES string of the molecule is COc1cc2cc(C(C)O)nn2cc1OC. The van der Waals surface area contributed by atoms with Crippen LogP contribution in [-0.4, -0.2) is 28.9 Å². The Kier molecular flexibility index (Phi) is 2.70. The summed E-state index contributed by atoms with van der Waals surface area (Å²) in [6.45, 7) is 1.68. The van der Waals surface area contributed by atoms with Crippen molar-refractivity contribution in [2.45, 2.75) is 13.0 Å². The van der Waals surface area contributed by atoms with E-state index in [1.54, 1.807) is 31.9 Å². The van der Waals surface area contributed by atoms with Crippen LogP contribution in [0, 0.1) is 0 Å². The molecular formula is C11H14N2O3. The number of pyridine rings is 1. The second kappa shape index (κ2) is 4.02. The third kappa shape index (κ3) is 1.69. The van der Waals surface area contributed by atoms with Crippen molar-refractivity contribution in [3.05, 3.63) is 24.0 Å². The fourth-order valence-corrected chi connectivity index (χ4v) is 1.54. The van der Waals surface area contributed by atoms with Crippen LogP contribution in [0.1, 0.15) is 18.7 Å². The molecule has 2 aromatic heterocycles. The van der Waals surface area contributed by atoms with Crippen LogP contribution in [-0.2, 0) is 0 Å². The van der Waals surface area contributed by atoms with Crippen molar-refractivity contribution >= 4 is 5.52 Å². The van der Waals surface area contributed by atoms with E-state index in [9.17, 15) is 5.11 Å². The van der Waals surface area contributed by atoms with Crippen LogP contribution >= 0.6 is 0 Å². The van der Waals surface area contributed by atoms with Gasteiger partial charge in [0.05, 0.1) is 37.7 Å². The standard InChI is InChI=1S/C11H14N2O3/c1-7(14)9-4-8-5-10(15-2)11(16-3)6-13(8)12-9/h4-7,14H,1-3H3. The Labute approximate surface area is 93.2 Å². The van der Waals surface area contributed by atoms with Gasteiger partial charge in [0.1, 0.15) is 0 Å². The highest BCUT2D eigenvalue weighted by Crippen LogP contribution is 2.28. The maximum absolute atomic E-state index is 9.44. The van der Waals surface area contributed by atoms with Crippen molar-refractivity contribution in [3.8, 4) is 11.5 Å². The Bertz CT molecular complexity index is 464. The Morgan fingerprint density at radius 3 is 2.50 bits per heavy atom. The van der Waals surface area contributed by atoms with Crippen LogP contribution in [0.5, 0.6) is 11.5 Å². The quantitative estimate of drug-likeness (QED) is 0.853. The van der Waals surface area contributed by atoms with Gasteiger partial charge in [0, 0.05) is 6.07 Å². The number of fused-ring (bicyclic) bond motifs is 1. The van der Waals surface area contributed by atoms with Gasteiger partial charge in [0.25, 0.3) is 0 Å². The van der Waals surface area contributed by atoms with Gasteiger partial charge in [-0.25, -0.2) is 4.52 Å². The first-order valence-corrected chi connectivity index (χ1v) is 4.95. The van der Waals surface area contributed by atoms with Gasteiger partial charge in [0.2, 0.25) is 0 Å². The predicted octanol–water partition coefficient (Wildman–Crippen LogP) is 1.40. The second-order valence-electron chi connectivity index (χ2n) is 3.52. The molecule has 2 heterocycles. The number of ether oxygens (including phenoxy) is 2. The van der Waals surface area contributed by atoms with E-state index < -0.39 is 6.10 Å². The summed E-state index contributed by atoms with van der Waals surface area (Å²) in [4.78, 5) is 0. The van der Waals surface area contributed by atoms with E-state index >= 15 is 0 Å². The van der Waals surface area contributed by atoms with Crippen LogP contribution < -0.4 is 9.47 Å². The lowest BCUT2D eigenvalue weighted by Crippen LogP contribution is -1.96. The summed E-state index contributed by atoms with van der Waals surface area (Å²) in [6.07, 6.45) is 1.14. The van der Waals surface area contributed by atoms with Gasteiger partial charge in [-0.05, 0) is 13.0 Å². The lowest BCUT2D eigenvalue weighted by Gasteiger charge is -2.06. The number of aliphatic hydroxyl groups excluding tert-OH is 1. The van der Waals surface area contributed by atoms with E-state index in [2.05, 4.69) is 5.10 Å². The molecule has 0 aliphatic carbocycles. The lowest BCUT2D eigenvalue weighted by molar-refractivity contribution is 0.194. The zero-order valence-electron chi connectivity index (χ0n) is 9.47. The number of methoxy groups -OCH3 is 2. The van der Waals surface area contributed by atoms with Gasteiger partial charge in [-0.1, -0.05) is 0 Å². The van der Waals surface area contributed by atoms with E-state index in [0.717, 1.165) is 5.52 Å². The van der Waals surface area contributed by atoms with Crippen LogP contribution in [0.2, 0.25) is 0 Å². The normalized spacial score (nSPS) is 12.8. The Morgan fingerprint density at radius 1 is 1.25 bits per heavy atom. The van der Waals surface area contributed by atoms with Gasteiger partial charge < -0.3 is 14.6 Å². The zero-order chi connectivity index (χ0) is 11.7. The molecule has 0 radical (unpaired) electrons. The maximum Gasteiger partial charge on any atom is 0.179 e. The molecule has 86 valence electrons. The highest BCUT2D eigenvalue weighted by Gasteiger charge is 2.10. The average Bonchev–Trinajstić information content (AvgIpc) is 2.69. The van der Waals surface area contributed by atoms with E-state index in [1.165, 1.54) is 0 Å². The predicted molar refractivity (Wildman–Crippen MR) is 58.9 cm³/mol. The molecule has 0 saturated heterocycles. The summed E-state index contributed by atoms with van der Waals surface area (Å²) in [6, 6.07) is 3.63. The van der Waals surface area contributed by atoms with Crippen molar-refractivity contribution in [3.63, 3.8) is 0 Å². The molecule has 1 N–H and O–H groups in total. The van der Waals surface area contributed by atoms with E-state index in [1.807, 2.05) is 12.1 Å². The smallest absolute Gasteiger partial charge is 0.179 e. The fraction of sp³-hybridized carbons (Fsp3) is 0.364. The Hall–Kier alpha value is -1.75. The van der Waals surface area contributed by atoms with E-state index in [4.69, 9.17) is 9.47 Å². The molecule has 0 aromatic carbocycles. The molecule has 0 amide bonds. The Morgan fingerprint density at radius 2 is 1.94 bits per heavy atom. The molecule has 16 heavy (non-hydrogen) atoms. The largest absolute Gasteiger partial charge is 0.493 e. The fourth-order valence-electron chi connectivity index (χ4n) is 1.54. The summed E-state index contributed by atoms with van der Waals surface area (Å²) in [5, 5.41) is 13.7. The lowest BCUT2D eigenvalue weighted by atomic mass is 10.2. The molecule has 1 unspecified atom stereocenters. The first kappa shape index (κ1) is 10.8. The molecule has 2 rings (SSSR count). The minimum atomic E-state index is -0.586. The zero-order valence-corrected chi connectivity index (χ0v) is 9.47. The summed E-state index contributed by atoms with van der Waals surface area (Å²) < 4.78 is 12.0. The summed E-state index contributed by atoms with van der Waals surface area (Å²) in [7, 11) is 3.16. The molecule has 0 spiro atoms. The number of hydrogen-bond acceptors (Lipinski definition) is 4. The highest BCUT2D eigenvalue weighted by molar-refractivity contribution is 5.56. The minimum absolute atomic E-state index is 0.586. The van der Waals surface area contributed by atoms with Gasteiger partial charge in [0.15, 0.2) is 11.5 Å². The topological polar surface area (TPSA) is 56.0 Å². The van der Waals surface area contributed by atoms with Crippen LogP contribution in [0.25, 0.3) is 5.52 Å². The second-order valence-corrected chi connectivity index (χ2v) is 3.52. The molecule has 1 atom stereocenters. The number of rotatable bonds is 3. The Balaban J connectivity index is 2.60. The number of nitrogens with zero attached hydrogens (tertiary/aromatic N) is 2. The third-order valence-corrected chi connectivity index (χ3v) is 2.41. The molecule has 0 bridgehead atoms. The summed E-state index contributed by atoms with van der Waals surface area (Å²) >= 11 is 0. The molecule has 0 aliphatic rings. The van der Waals surface area contributed by atoms with Crippen LogP contribution in [0.4, 0.5) is 0 Å². The van der Waals surface area contributed by atoms with Crippen LogP contribution in [0.15, 0.2) is 18.3 Å². The molecule has 2 aromatic rings. The van der Waals surface area contributed by atoms with Gasteiger partial charge in [-0.2, -0.15) is 5.10 Å². The summed E-state index contributed by atoms with van der Waals surface area (Å²) in [5.74, 6) is 1.25. The molecule has 5 nitrogen and oxygen atoms in total. The maximum atomic E-state index is 9.44. The molecule has 5 heteroatoms. The van der Waals surface area contributed by atoms with Crippen molar-refractivity contribution in [2.75, 3.05) is 14.2 Å². The number of aromatic nitrogens is 2. The van der Waals surface area contributed by atoms with Gasteiger partial charge in [-0.15, -0.1) is 0 Å². The van der Waals surface area contributed by atoms with Crippen molar-refractivity contribution < 1.29 is 14.6 Å². The van der Waals surface area contributed by atoms with Gasteiger partial charge in [-0.3, -0.25) is 0 Å². The molecule has 0 fully saturated rings. The number of hydrogen-bond donors (Lipinski definition) is 1.